The lowest BCUT2D eigenvalue weighted by Gasteiger charge is -2.56. The van der Waals surface area contributed by atoms with Crippen LogP contribution in [-0.4, -0.2) is 39.5 Å². The Balaban J connectivity index is 1.37. The Labute approximate surface area is 161 Å². The van der Waals surface area contributed by atoms with Crippen molar-refractivity contribution in [1.82, 2.24) is 20.4 Å². The van der Waals surface area contributed by atoms with E-state index in [0.717, 1.165) is 54.0 Å². The summed E-state index contributed by atoms with van der Waals surface area (Å²) in [6, 6.07) is -0.108. The monoisotopic (exact) mass is 372 g/mol. The van der Waals surface area contributed by atoms with Gasteiger partial charge in [0.1, 0.15) is 6.42 Å². The van der Waals surface area contributed by atoms with Gasteiger partial charge in [-0.2, -0.15) is 5.10 Å². The molecule has 4 aliphatic rings. The molecule has 27 heavy (non-hydrogen) atoms. The minimum absolute atomic E-state index is 0.0337. The van der Waals surface area contributed by atoms with Crippen LogP contribution >= 0.6 is 0 Å². The molecule has 1 aromatic rings. The van der Waals surface area contributed by atoms with Crippen LogP contribution < -0.4 is 5.32 Å². The molecule has 0 radical (unpaired) electrons. The Morgan fingerprint density at radius 2 is 1.74 bits per heavy atom. The van der Waals surface area contributed by atoms with Crippen LogP contribution in [0.2, 0.25) is 0 Å². The highest BCUT2D eigenvalue weighted by molar-refractivity contribution is 5.97. The van der Waals surface area contributed by atoms with Crippen molar-refractivity contribution in [3.05, 3.63) is 17.0 Å². The quantitative estimate of drug-likeness (QED) is 0.780. The fourth-order valence-corrected chi connectivity index (χ4v) is 6.45. The van der Waals surface area contributed by atoms with Gasteiger partial charge in [-0.15, -0.1) is 0 Å². The van der Waals surface area contributed by atoms with E-state index in [1.54, 1.807) is 11.9 Å². The van der Waals surface area contributed by atoms with Crippen molar-refractivity contribution in [2.45, 2.75) is 77.3 Å². The maximum absolute atomic E-state index is 12.7. The molecule has 1 atom stereocenters. The first-order chi connectivity index (χ1) is 12.8. The molecule has 6 nitrogen and oxygen atoms in total. The zero-order valence-electron chi connectivity index (χ0n) is 17.0. The summed E-state index contributed by atoms with van der Waals surface area (Å²) in [7, 11) is 1.77. The minimum Gasteiger partial charge on any atom is -0.350 e. The molecule has 4 fully saturated rings. The number of carbonyl (C=O) groups is 2. The number of carbonyl (C=O) groups excluding carboxylic acids is 2. The zero-order chi connectivity index (χ0) is 19.3. The summed E-state index contributed by atoms with van der Waals surface area (Å²) >= 11 is 0. The number of amides is 2. The third kappa shape index (κ3) is 3.39. The molecule has 4 saturated carbocycles. The van der Waals surface area contributed by atoms with E-state index in [0.29, 0.717) is 0 Å². The van der Waals surface area contributed by atoms with E-state index in [1.807, 2.05) is 20.8 Å². The number of aryl methyl sites for hydroxylation is 2. The molecule has 4 aliphatic carbocycles. The number of nitrogens with zero attached hydrogens (tertiary/aromatic N) is 2. The van der Waals surface area contributed by atoms with Crippen LogP contribution in [0.25, 0.3) is 0 Å². The number of hydrogen-bond acceptors (Lipinski definition) is 3. The molecule has 1 heterocycles. The first-order valence-corrected chi connectivity index (χ1v) is 10.3. The van der Waals surface area contributed by atoms with E-state index < -0.39 is 0 Å². The molecular weight excluding hydrogens is 340 g/mol. The van der Waals surface area contributed by atoms with Gasteiger partial charge in [-0.05, 0) is 77.0 Å². The zero-order valence-corrected chi connectivity index (χ0v) is 17.0. The average Bonchev–Trinajstić information content (AvgIpc) is 2.90. The first-order valence-electron chi connectivity index (χ1n) is 10.3. The molecular formula is C21H32N4O2. The molecule has 0 spiro atoms. The summed E-state index contributed by atoms with van der Waals surface area (Å²) in [6.45, 7) is 5.89. The molecule has 6 heteroatoms. The van der Waals surface area contributed by atoms with Crippen molar-refractivity contribution in [1.29, 1.82) is 0 Å². The lowest BCUT2D eigenvalue weighted by molar-refractivity contribution is -0.138. The van der Waals surface area contributed by atoms with E-state index in [1.165, 1.54) is 19.3 Å². The van der Waals surface area contributed by atoms with Gasteiger partial charge >= 0.3 is 0 Å². The molecule has 0 unspecified atom stereocenters. The third-order valence-corrected chi connectivity index (χ3v) is 7.33. The van der Waals surface area contributed by atoms with Gasteiger partial charge in [-0.3, -0.25) is 14.7 Å². The molecule has 0 aromatic carbocycles. The molecule has 148 valence electrons. The predicted octanol–water partition coefficient (Wildman–Crippen LogP) is 3.02. The van der Waals surface area contributed by atoms with Crippen LogP contribution in [0, 0.1) is 31.6 Å². The highest BCUT2D eigenvalue weighted by Crippen LogP contribution is 2.55. The predicted molar refractivity (Wildman–Crippen MR) is 103 cm³/mol. The maximum Gasteiger partial charge on any atom is 0.232 e. The van der Waals surface area contributed by atoms with Crippen LogP contribution in [0.15, 0.2) is 0 Å². The number of H-pyrrole nitrogens is 1. The lowest BCUT2D eigenvalue weighted by atomic mass is 9.53. The van der Waals surface area contributed by atoms with Crippen LogP contribution in [0.5, 0.6) is 0 Å². The topological polar surface area (TPSA) is 78.1 Å². The Hall–Kier alpha value is -1.85. The Bertz CT molecular complexity index is 699. The smallest absolute Gasteiger partial charge is 0.232 e. The maximum atomic E-state index is 12.7. The van der Waals surface area contributed by atoms with Crippen molar-refractivity contribution >= 4 is 11.8 Å². The molecule has 0 aliphatic heterocycles. The van der Waals surface area contributed by atoms with Crippen molar-refractivity contribution in [3.63, 3.8) is 0 Å². The number of nitrogens with one attached hydrogen (secondary N) is 2. The first kappa shape index (κ1) is 18.5. The fraction of sp³-hybridized carbons (Fsp3) is 0.762. The van der Waals surface area contributed by atoms with E-state index in [4.69, 9.17) is 0 Å². The van der Waals surface area contributed by atoms with E-state index >= 15 is 0 Å². The Kier molecular flexibility index (Phi) is 4.55. The van der Waals surface area contributed by atoms with Crippen molar-refractivity contribution in [2.24, 2.45) is 17.8 Å². The fourth-order valence-electron chi connectivity index (χ4n) is 6.45. The van der Waals surface area contributed by atoms with Crippen molar-refractivity contribution < 1.29 is 9.59 Å². The molecule has 2 N–H and O–H groups in total. The highest BCUT2D eigenvalue weighted by Gasteiger charge is 2.51. The van der Waals surface area contributed by atoms with E-state index in [-0.39, 0.29) is 29.8 Å². The standard InChI is InChI=1S/C21H32N4O2/c1-12-20(13(2)24-23-12)14(3)25(4)19(27)8-18(26)22-21-9-15-5-16(10-21)7-17(6-15)11-21/h14-17H,5-11H2,1-4H3,(H,22,26)(H,23,24)/t14-,15?,16?,17?,21?/m1/s1. The van der Waals surface area contributed by atoms with Gasteiger partial charge in [0.05, 0.1) is 11.7 Å². The molecule has 1 aromatic heterocycles. The lowest BCUT2D eigenvalue weighted by Crippen LogP contribution is -2.60. The van der Waals surface area contributed by atoms with Crippen molar-refractivity contribution in [3.8, 4) is 0 Å². The Morgan fingerprint density at radius 1 is 1.19 bits per heavy atom. The number of rotatable bonds is 5. The summed E-state index contributed by atoms with van der Waals surface area (Å²) in [5, 5.41) is 10.5. The van der Waals surface area contributed by atoms with Crippen LogP contribution in [0.1, 0.15) is 74.9 Å². The van der Waals surface area contributed by atoms with Crippen molar-refractivity contribution in [2.75, 3.05) is 7.05 Å². The number of hydrogen-bond donors (Lipinski definition) is 2. The molecule has 0 saturated heterocycles. The van der Waals surface area contributed by atoms with Crippen LogP contribution in [0.4, 0.5) is 0 Å². The SMILES string of the molecule is Cc1n[nH]c(C)c1[C@@H](C)N(C)C(=O)CC(=O)NC12CC3CC(CC(C3)C1)C2. The van der Waals surface area contributed by atoms with Gasteiger partial charge in [0.25, 0.3) is 0 Å². The largest absolute Gasteiger partial charge is 0.350 e. The second kappa shape index (κ2) is 6.64. The molecule has 5 rings (SSSR count). The third-order valence-electron chi connectivity index (χ3n) is 7.33. The summed E-state index contributed by atoms with van der Waals surface area (Å²) in [5.41, 5.74) is 2.87. The summed E-state index contributed by atoms with van der Waals surface area (Å²) < 4.78 is 0. The second-order valence-corrected chi connectivity index (χ2v) is 9.45. The summed E-state index contributed by atoms with van der Waals surface area (Å²) in [4.78, 5) is 27.1. The van der Waals surface area contributed by atoms with Gasteiger partial charge in [0.2, 0.25) is 11.8 Å². The normalized spacial score (nSPS) is 32.4. The molecule has 4 bridgehead atoms. The second-order valence-electron chi connectivity index (χ2n) is 9.45. The van der Waals surface area contributed by atoms with Crippen LogP contribution in [0.3, 0.4) is 0 Å². The van der Waals surface area contributed by atoms with E-state index in [9.17, 15) is 9.59 Å². The summed E-state index contributed by atoms with van der Waals surface area (Å²) in [6.07, 6.45) is 7.29. The van der Waals surface area contributed by atoms with Gasteiger partial charge < -0.3 is 10.2 Å². The average molecular weight is 373 g/mol. The van der Waals surface area contributed by atoms with E-state index in [2.05, 4.69) is 15.5 Å². The Morgan fingerprint density at radius 3 is 2.22 bits per heavy atom. The van der Waals surface area contributed by atoms with Gasteiger partial charge in [-0.1, -0.05) is 0 Å². The number of aromatic amines is 1. The van der Waals surface area contributed by atoms with Gasteiger partial charge in [0, 0.05) is 23.8 Å². The minimum atomic E-state index is -0.135. The highest BCUT2D eigenvalue weighted by atomic mass is 16.2. The van der Waals surface area contributed by atoms with Crippen LogP contribution in [-0.2, 0) is 9.59 Å². The van der Waals surface area contributed by atoms with Gasteiger partial charge in [0.15, 0.2) is 0 Å². The summed E-state index contributed by atoms with van der Waals surface area (Å²) in [5.74, 6) is 2.09. The molecule has 2 amide bonds. The van der Waals surface area contributed by atoms with Gasteiger partial charge in [-0.25, -0.2) is 0 Å². The number of aromatic nitrogens is 2.